The molecule has 0 saturated carbocycles. The summed E-state index contributed by atoms with van der Waals surface area (Å²) in [4.78, 5) is 2.33. The van der Waals surface area contributed by atoms with Crippen molar-refractivity contribution in [1.82, 2.24) is 4.90 Å². The van der Waals surface area contributed by atoms with Gasteiger partial charge in [0.05, 0.1) is 22.7 Å². The highest BCUT2D eigenvalue weighted by molar-refractivity contribution is 7.85. The topological polar surface area (TPSA) is 29.5 Å². The van der Waals surface area contributed by atoms with Gasteiger partial charge in [0.2, 0.25) is 0 Å². The Balaban J connectivity index is 1.98. The Hall–Kier alpha value is 0.0700. The van der Waals surface area contributed by atoms with Gasteiger partial charge in [-0.25, -0.2) is 0 Å². The van der Waals surface area contributed by atoms with Crippen LogP contribution in [-0.4, -0.2) is 46.0 Å². The Labute approximate surface area is 81.9 Å². The summed E-state index contributed by atoms with van der Waals surface area (Å²) in [7, 11) is 1.37. The van der Waals surface area contributed by atoms with Gasteiger partial charge in [0.25, 0.3) is 0 Å². The van der Waals surface area contributed by atoms with Gasteiger partial charge >= 0.3 is 0 Å². The maximum absolute atomic E-state index is 11.4. The highest BCUT2D eigenvalue weighted by atomic mass is 32.2. The van der Waals surface area contributed by atoms with Crippen molar-refractivity contribution in [2.45, 2.75) is 37.3 Å². The van der Waals surface area contributed by atoms with E-state index in [0.29, 0.717) is 6.04 Å². The van der Waals surface area contributed by atoms with E-state index in [0.717, 1.165) is 12.3 Å². The van der Waals surface area contributed by atoms with Crippen LogP contribution in [0.3, 0.4) is 0 Å². The molecule has 0 spiro atoms. The summed E-state index contributed by atoms with van der Waals surface area (Å²) >= 11 is 0. The summed E-state index contributed by atoms with van der Waals surface area (Å²) in [6.45, 7) is 3.07. The van der Waals surface area contributed by atoms with Crippen LogP contribution in [-0.2, 0) is 15.5 Å². The van der Waals surface area contributed by atoms with E-state index in [1.54, 1.807) is 0 Å². The number of hydrogen-bond donors (Lipinski definition) is 0. The van der Waals surface area contributed by atoms with E-state index < -0.39 is 10.8 Å². The fourth-order valence-electron chi connectivity index (χ4n) is 2.25. The second-order valence-corrected chi connectivity index (χ2v) is 5.74. The Bertz CT molecular complexity index is 222. The first-order valence-corrected chi connectivity index (χ1v) is 6.29. The van der Waals surface area contributed by atoms with Gasteiger partial charge in [-0.1, -0.05) is 0 Å². The Morgan fingerprint density at radius 3 is 2.77 bits per heavy atom. The van der Waals surface area contributed by atoms with Gasteiger partial charge in [-0.2, -0.15) is 0 Å². The number of likely N-dealkylation sites (N-methyl/N-ethyl adjacent to an activating group) is 1. The predicted molar refractivity (Wildman–Crippen MR) is 53.0 cm³/mol. The summed E-state index contributed by atoms with van der Waals surface area (Å²) in [6, 6.07) is 0.508. The SMILES string of the molecule is C[C@H]1O[C@@H]([C@@H]2CCCN2C)C[S@@]1=O. The van der Waals surface area contributed by atoms with Crippen LogP contribution in [0.4, 0.5) is 0 Å². The van der Waals surface area contributed by atoms with Crippen molar-refractivity contribution in [2.24, 2.45) is 0 Å². The summed E-state index contributed by atoms with van der Waals surface area (Å²) in [5.41, 5.74) is -0.0565. The summed E-state index contributed by atoms with van der Waals surface area (Å²) in [5, 5.41) is 0. The lowest BCUT2D eigenvalue weighted by molar-refractivity contribution is 0.0250. The Morgan fingerprint density at radius 1 is 1.54 bits per heavy atom. The molecule has 2 aliphatic heterocycles. The lowest BCUT2D eigenvalue weighted by Gasteiger charge is -2.24. The van der Waals surface area contributed by atoms with Gasteiger partial charge in [0.1, 0.15) is 5.44 Å². The maximum Gasteiger partial charge on any atom is 0.130 e. The average molecular weight is 203 g/mol. The first-order valence-electron chi connectivity index (χ1n) is 4.91. The standard InChI is InChI=1S/C9H17NO2S/c1-7-12-9(6-13(7)11)8-4-3-5-10(8)2/h7-9H,3-6H2,1-2H3/t7-,8-,9+,13-/m0/s1. The number of ether oxygens (including phenoxy) is 1. The first kappa shape index (κ1) is 9.62. The molecular formula is C9H17NO2S. The van der Waals surface area contributed by atoms with Gasteiger partial charge in [0.15, 0.2) is 0 Å². The molecule has 2 fully saturated rings. The molecule has 4 heteroatoms. The normalized spacial score (nSPS) is 47.2. The number of nitrogens with zero attached hydrogens (tertiary/aromatic N) is 1. The molecule has 0 bridgehead atoms. The summed E-state index contributed by atoms with van der Waals surface area (Å²) in [6.07, 6.45) is 2.66. The van der Waals surface area contributed by atoms with E-state index in [1.807, 2.05) is 6.92 Å². The molecule has 2 rings (SSSR count). The van der Waals surface area contributed by atoms with Crippen molar-refractivity contribution in [3.05, 3.63) is 0 Å². The molecule has 0 N–H and O–H groups in total. The van der Waals surface area contributed by atoms with E-state index in [1.165, 1.54) is 12.8 Å². The third kappa shape index (κ3) is 1.80. The van der Waals surface area contributed by atoms with Crippen LogP contribution in [0.15, 0.2) is 0 Å². The van der Waals surface area contributed by atoms with Crippen LogP contribution >= 0.6 is 0 Å². The molecule has 0 aromatic heterocycles. The molecule has 4 atom stereocenters. The summed E-state index contributed by atoms with van der Waals surface area (Å²) < 4.78 is 17.1. The van der Waals surface area contributed by atoms with Gasteiger partial charge in [-0.15, -0.1) is 0 Å². The lowest BCUT2D eigenvalue weighted by Crippen LogP contribution is -2.38. The van der Waals surface area contributed by atoms with Gasteiger partial charge in [0, 0.05) is 6.04 Å². The molecule has 76 valence electrons. The van der Waals surface area contributed by atoms with Crippen LogP contribution in [0.1, 0.15) is 19.8 Å². The van der Waals surface area contributed by atoms with Gasteiger partial charge < -0.3 is 9.64 Å². The van der Waals surface area contributed by atoms with Crippen LogP contribution in [0.25, 0.3) is 0 Å². The highest BCUT2D eigenvalue weighted by Crippen LogP contribution is 2.26. The number of hydrogen-bond acceptors (Lipinski definition) is 3. The monoisotopic (exact) mass is 203 g/mol. The number of rotatable bonds is 1. The largest absolute Gasteiger partial charge is 0.359 e. The van der Waals surface area contributed by atoms with Crippen molar-refractivity contribution in [1.29, 1.82) is 0 Å². The van der Waals surface area contributed by atoms with Gasteiger partial charge in [-0.3, -0.25) is 4.21 Å². The zero-order chi connectivity index (χ0) is 9.42. The maximum atomic E-state index is 11.4. The molecule has 0 amide bonds. The van der Waals surface area contributed by atoms with E-state index in [4.69, 9.17) is 4.74 Å². The molecule has 0 radical (unpaired) electrons. The molecule has 0 aromatic rings. The number of likely N-dealkylation sites (tertiary alicyclic amines) is 1. The molecular weight excluding hydrogens is 186 g/mol. The molecule has 0 unspecified atom stereocenters. The van der Waals surface area contributed by atoms with Crippen molar-refractivity contribution >= 4 is 10.8 Å². The second kappa shape index (κ2) is 3.67. The lowest BCUT2D eigenvalue weighted by atomic mass is 10.1. The van der Waals surface area contributed by atoms with Crippen molar-refractivity contribution < 1.29 is 8.95 Å². The van der Waals surface area contributed by atoms with E-state index in [-0.39, 0.29) is 11.5 Å². The van der Waals surface area contributed by atoms with E-state index in [9.17, 15) is 4.21 Å². The fourth-order valence-corrected chi connectivity index (χ4v) is 3.41. The minimum atomic E-state index is -0.758. The fraction of sp³-hybridized carbons (Fsp3) is 1.00. The minimum absolute atomic E-state index is 0.0565. The van der Waals surface area contributed by atoms with Crippen molar-refractivity contribution in [2.75, 3.05) is 19.3 Å². The van der Waals surface area contributed by atoms with Crippen molar-refractivity contribution in [3.63, 3.8) is 0 Å². The summed E-state index contributed by atoms with van der Waals surface area (Å²) in [5.74, 6) is 0.732. The zero-order valence-corrected chi connectivity index (χ0v) is 9.05. The molecule has 2 heterocycles. The quantitative estimate of drug-likeness (QED) is 0.624. The van der Waals surface area contributed by atoms with E-state index in [2.05, 4.69) is 11.9 Å². The van der Waals surface area contributed by atoms with Crippen LogP contribution in [0.5, 0.6) is 0 Å². The smallest absolute Gasteiger partial charge is 0.130 e. The van der Waals surface area contributed by atoms with Crippen LogP contribution < -0.4 is 0 Å². The average Bonchev–Trinajstić information content (AvgIpc) is 2.60. The Morgan fingerprint density at radius 2 is 2.31 bits per heavy atom. The van der Waals surface area contributed by atoms with Crippen LogP contribution in [0.2, 0.25) is 0 Å². The van der Waals surface area contributed by atoms with Crippen molar-refractivity contribution in [3.8, 4) is 0 Å². The molecule has 3 nitrogen and oxygen atoms in total. The third-order valence-electron chi connectivity index (χ3n) is 3.07. The van der Waals surface area contributed by atoms with Crippen LogP contribution in [0, 0.1) is 0 Å². The highest BCUT2D eigenvalue weighted by Gasteiger charge is 2.38. The molecule has 2 aliphatic rings. The predicted octanol–water partition coefficient (Wildman–Crippen LogP) is 0.574. The molecule has 2 saturated heterocycles. The molecule has 0 aliphatic carbocycles. The van der Waals surface area contributed by atoms with Gasteiger partial charge in [-0.05, 0) is 33.4 Å². The second-order valence-electron chi connectivity index (χ2n) is 3.98. The molecule has 13 heavy (non-hydrogen) atoms. The minimum Gasteiger partial charge on any atom is -0.359 e. The Kier molecular flexibility index (Phi) is 2.72. The third-order valence-corrected chi connectivity index (χ3v) is 4.58. The molecule has 0 aromatic carbocycles. The first-order chi connectivity index (χ1) is 6.18. The zero-order valence-electron chi connectivity index (χ0n) is 8.23. The van der Waals surface area contributed by atoms with E-state index >= 15 is 0 Å².